The zero-order valence-electron chi connectivity index (χ0n) is 17.5. The van der Waals surface area contributed by atoms with Gasteiger partial charge in [0.2, 0.25) is 0 Å². The summed E-state index contributed by atoms with van der Waals surface area (Å²) in [6.07, 6.45) is 0. The fraction of sp³-hybridized carbons (Fsp3) is 0.0769. The van der Waals surface area contributed by atoms with Gasteiger partial charge in [0, 0.05) is 23.5 Å². The quantitative estimate of drug-likeness (QED) is 0.318. The van der Waals surface area contributed by atoms with Gasteiger partial charge in [-0.2, -0.15) is 0 Å². The first-order chi connectivity index (χ1) is 15.3. The Balaban J connectivity index is 1.90. The van der Waals surface area contributed by atoms with Gasteiger partial charge in [-0.05, 0) is 67.9 Å². The van der Waals surface area contributed by atoms with Crippen LogP contribution in [0, 0.1) is 37.1 Å². The first-order valence-corrected chi connectivity index (χ1v) is 9.95. The minimum Gasteiger partial charge on any atom is -0.354 e. The van der Waals surface area contributed by atoms with E-state index in [1.165, 1.54) is 24.3 Å². The number of nitrogens with one attached hydrogen (secondary N) is 1. The van der Waals surface area contributed by atoms with Crippen molar-refractivity contribution in [3.63, 3.8) is 0 Å². The molecular formula is C26H20F4N2. The van der Waals surface area contributed by atoms with Gasteiger partial charge < -0.3 is 10.2 Å². The van der Waals surface area contributed by atoms with Crippen LogP contribution >= 0.6 is 0 Å². The maximum atomic E-state index is 14.1. The molecule has 0 aliphatic rings. The summed E-state index contributed by atoms with van der Waals surface area (Å²) in [6.45, 7) is 3.82. The molecule has 0 amide bonds. The Bertz CT molecular complexity index is 1230. The molecule has 0 atom stereocenters. The van der Waals surface area contributed by atoms with Crippen molar-refractivity contribution in [1.82, 2.24) is 0 Å². The van der Waals surface area contributed by atoms with Crippen molar-refractivity contribution < 1.29 is 17.6 Å². The molecule has 0 radical (unpaired) electrons. The van der Waals surface area contributed by atoms with Crippen molar-refractivity contribution in [1.29, 1.82) is 0 Å². The van der Waals surface area contributed by atoms with Crippen LogP contribution in [0.25, 0.3) is 0 Å². The molecule has 0 saturated carbocycles. The number of anilines is 5. The van der Waals surface area contributed by atoms with Crippen molar-refractivity contribution in [2.45, 2.75) is 13.8 Å². The largest absolute Gasteiger partial charge is 0.354 e. The van der Waals surface area contributed by atoms with Gasteiger partial charge in [0.25, 0.3) is 0 Å². The minimum atomic E-state index is -0.719. The molecule has 0 fully saturated rings. The van der Waals surface area contributed by atoms with Gasteiger partial charge in [0.15, 0.2) is 0 Å². The SMILES string of the molecule is Cc1ccc(N(c2cc(F)cc(F)c2)c2cc(C)ccc2Nc2cc(F)cc(F)c2)cc1. The van der Waals surface area contributed by atoms with Gasteiger partial charge in [0.1, 0.15) is 23.3 Å². The molecule has 6 heteroatoms. The number of rotatable bonds is 5. The van der Waals surface area contributed by atoms with Crippen molar-refractivity contribution in [2.24, 2.45) is 0 Å². The summed E-state index contributed by atoms with van der Waals surface area (Å²) in [5.41, 5.74) is 4.13. The molecule has 4 aromatic rings. The van der Waals surface area contributed by atoms with Crippen LogP contribution in [0.15, 0.2) is 78.9 Å². The van der Waals surface area contributed by atoms with Crippen LogP contribution < -0.4 is 10.2 Å². The Morgan fingerprint density at radius 3 is 1.69 bits per heavy atom. The zero-order chi connectivity index (χ0) is 22.8. The van der Waals surface area contributed by atoms with Gasteiger partial charge in [-0.15, -0.1) is 0 Å². The van der Waals surface area contributed by atoms with E-state index < -0.39 is 23.3 Å². The second-order valence-corrected chi connectivity index (χ2v) is 7.60. The molecule has 32 heavy (non-hydrogen) atoms. The molecule has 0 aromatic heterocycles. The van der Waals surface area contributed by atoms with Crippen molar-refractivity contribution >= 4 is 28.4 Å². The molecule has 0 aliphatic carbocycles. The van der Waals surface area contributed by atoms with Crippen molar-refractivity contribution in [3.8, 4) is 0 Å². The molecule has 0 spiro atoms. The molecule has 0 bridgehead atoms. The van der Waals surface area contributed by atoms with Gasteiger partial charge in [-0.1, -0.05) is 23.8 Å². The molecule has 0 heterocycles. The minimum absolute atomic E-state index is 0.210. The number of benzene rings is 4. The van der Waals surface area contributed by atoms with Crippen molar-refractivity contribution in [2.75, 3.05) is 10.2 Å². The maximum absolute atomic E-state index is 14.1. The molecule has 4 rings (SSSR count). The average molecular weight is 436 g/mol. The van der Waals surface area contributed by atoms with E-state index in [9.17, 15) is 17.6 Å². The number of hydrogen-bond acceptors (Lipinski definition) is 2. The van der Waals surface area contributed by atoms with Crippen LogP contribution in [-0.4, -0.2) is 0 Å². The summed E-state index contributed by atoms with van der Waals surface area (Å²) in [6, 6.07) is 19.3. The normalized spacial score (nSPS) is 10.8. The highest BCUT2D eigenvalue weighted by Crippen LogP contribution is 2.41. The van der Waals surface area contributed by atoms with Gasteiger partial charge in [-0.25, -0.2) is 17.6 Å². The number of aryl methyl sites for hydroxylation is 2. The van der Waals surface area contributed by atoms with Crippen LogP contribution in [-0.2, 0) is 0 Å². The molecule has 0 saturated heterocycles. The fourth-order valence-electron chi connectivity index (χ4n) is 3.50. The lowest BCUT2D eigenvalue weighted by Crippen LogP contribution is -2.13. The molecule has 1 N–H and O–H groups in total. The number of nitrogens with zero attached hydrogens (tertiary/aromatic N) is 1. The first-order valence-electron chi connectivity index (χ1n) is 9.95. The molecule has 0 unspecified atom stereocenters. The first kappa shape index (κ1) is 21.4. The van der Waals surface area contributed by atoms with E-state index in [2.05, 4.69) is 5.32 Å². The van der Waals surface area contributed by atoms with E-state index >= 15 is 0 Å². The Hall–Kier alpha value is -3.80. The Labute approximate surface area is 183 Å². The molecule has 0 aliphatic heterocycles. The van der Waals surface area contributed by atoms with Crippen LogP contribution in [0.5, 0.6) is 0 Å². The predicted molar refractivity (Wildman–Crippen MR) is 120 cm³/mol. The third-order valence-electron chi connectivity index (χ3n) is 4.93. The monoisotopic (exact) mass is 436 g/mol. The fourth-order valence-corrected chi connectivity index (χ4v) is 3.50. The second-order valence-electron chi connectivity index (χ2n) is 7.60. The average Bonchev–Trinajstić information content (AvgIpc) is 2.70. The van der Waals surface area contributed by atoms with E-state index in [4.69, 9.17) is 0 Å². The third kappa shape index (κ3) is 4.75. The van der Waals surface area contributed by atoms with E-state index in [1.807, 2.05) is 50.2 Å². The maximum Gasteiger partial charge on any atom is 0.128 e. The summed E-state index contributed by atoms with van der Waals surface area (Å²) < 4.78 is 55.7. The zero-order valence-corrected chi connectivity index (χ0v) is 17.5. The topological polar surface area (TPSA) is 15.3 Å². The second kappa shape index (κ2) is 8.75. The van der Waals surface area contributed by atoms with Gasteiger partial charge in [0.05, 0.1) is 17.1 Å². The number of hydrogen-bond donors (Lipinski definition) is 1. The van der Waals surface area contributed by atoms with Crippen LogP contribution in [0.2, 0.25) is 0 Å². The Kier molecular flexibility index (Phi) is 5.86. The van der Waals surface area contributed by atoms with E-state index in [-0.39, 0.29) is 11.4 Å². The summed E-state index contributed by atoms with van der Waals surface area (Å²) in [7, 11) is 0. The van der Waals surface area contributed by atoms with E-state index in [0.29, 0.717) is 17.1 Å². The third-order valence-corrected chi connectivity index (χ3v) is 4.93. The molecule has 4 aromatic carbocycles. The Morgan fingerprint density at radius 1 is 0.562 bits per heavy atom. The van der Waals surface area contributed by atoms with Crippen LogP contribution in [0.4, 0.5) is 46.0 Å². The summed E-state index contributed by atoms with van der Waals surface area (Å²) >= 11 is 0. The number of halogens is 4. The van der Waals surface area contributed by atoms with Gasteiger partial charge >= 0.3 is 0 Å². The standard InChI is InChI=1S/C26H20F4N2/c1-16-3-6-23(7-4-16)32(24-14-20(29)11-21(30)15-24)26-9-17(2)5-8-25(26)31-22-12-18(27)10-19(28)13-22/h3-15,31H,1-2H3. The highest BCUT2D eigenvalue weighted by Gasteiger charge is 2.18. The molecular weight excluding hydrogens is 416 g/mol. The Morgan fingerprint density at radius 2 is 1.09 bits per heavy atom. The lowest BCUT2D eigenvalue weighted by molar-refractivity contribution is 0.583. The van der Waals surface area contributed by atoms with Gasteiger partial charge in [-0.3, -0.25) is 0 Å². The molecule has 2 nitrogen and oxygen atoms in total. The smallest absolute Gasteiger partial charge is 0.128 e. The van der Waals surface area contributed by atoms with E-state index in [0.717, 1.165) is 23.3 Å². The summed E-state index contributed by atoms with van der Waals surface area (Å²) in [4.78, 5) is 1.69. The summed E-state index contributed by atoms with van der Waals surface area (Å²) in [5, 5.41) is 3.03. The summed E-state index contributed by atoms with van der Waals surface area (Å²) in [5.74, 6) is -2.87. The van der Waals surface area contributed by atoms with Crippen molar-refractivity contribution in [3.05, 3.63) is 113 Å². The van der Waals surface area contributed by atoms with Crippen LogP contribution in [0.3, 0.4) is 0 Å². The van der Waals surface area contributed by atoms with E-state index in [1.54, 1.807) is 11.0 Å². The van der Waals surface area contributed by atoms with Crippen LogP contribution in [0.1, 0.15) is 11.1 Å². The highest BCUT2D eigenvalue weighted by atomic mass is 19.1. The molecule has 162 valence electrons. The highest BCUT2D eigenvalue weighted by molar-refractivity contribution is 5.86. The lowest BCUT2D eigenvalue weighted by Gasteiger charge is -2.28. The predicted octanol–water partition coefficient (Wildman–Crippen LogP) is 8.07. The lowest BCUT2D eigenvalue weighted by atomic mass is 10.1.